The number of hydrogen-bond acceptors (Lipinski definition) is 5. The van der Waals surface area contributed by atoms with E-state index in [4.69, 9.17) is 13.0 Å². The molecule has 0 heterocycles. The van der Waals surface area contributed by atoms with Crippen molar-refractivity contribution in [3.8, 4) is 0 Å². The highest BCUT2D eigenvalue weighted by Gasteiger charge is 2.46. The van der Waals surface area contributed by atoms with Crippen LogP contribution in [0.15, 0.2) is 60.7 Å². The molecule has 2 atom stereocenters. The highest BCUT2D eigenvalue weighted by atomic mass is 28.5. The molecule has 0 bridgehead atoms. The molecule has 5 nitrogen and oxygen atoms in total. The first-order chi connectivity index (χ1) is 16.1. The van der Waals surface area contributed by atoms with E-state index < -0.39 is 17.1 Å². The fourth-order valence-electron chi connectivity index (χ4n) is 4.17. The zero-order chi connectivity index (χ0) is 23.8. The van der Waals surface area contributed by atoms with Crippen molar-refractivity contribution in [3.05, 3.63) is 60.7 Å². The molecule has 2 aromatic rings. The van der Waals surface area contributed by atoms with Crippen LogP contribution in [0.25, 0.3) is 0 Å². The van der Waals surface area contributed by atoms with Crippen LogP contribution in [0.5, 0.6) is 0 Å². The molecule has 0 aliphatic carbocycles. The highest BCUT2D eigenvalue weighted by molar-refractivity contribution is 6.81. The maximum Gasteiger partial charge on any atom is 0.329 e. The van der Waals surface area contributed by atoms with Crippen molar-refractivity contribution in [3.63, 3.8) is 0 Å². The number of hydrogen-bond donors (Lipinski definition) is 2. The summed E-state index contributed by atoms with van der Waals surface area (Å²) in [4.78, 5) is 0. The Morgan fingerprint density at radius 1 is 0.606 bits per heavy atom. The maximum absolute atomic E-state index is 7.09. The molecule has 2 N–H and O–H groups in total. The fourth-order valence-corrected chi connectivity index (χ4v) is 13.2. The van der Waals surface area contributed by atoms with Gasteiger partial charge in [0.15, 0.2) is 0 Å². The smallest absolute Gasteiger partial charge is 0.329 e. The summed E-state index contributed by atoms with van der Waals surface area (Å²) in [5.41, 5.74) is 2.33. The van der Waals surface area contributed by atoms with Gasteiger partial charge in [-0.05, 0) is 75.1 Å². The minimum absolute atomic E-state index is 0.696. The summed E-state index contributed by atoms with van der Waals surface area (Å²) in [5.74, 6) is 0. The van der Waals surface area contributed by atoms with Gasteiger partial charge in [0.1, 0.15) is 0 Å². The molecule has 0 aromatic heterocycles. The van der Waals surface area contributed by atoms with Crippen LogP contribution in [-0.4, -0.2) is 43.4 Å². The number of nitrogens with one attached hydrogen (secondary N) is 2. The average molecular weight is 489 g/mol. The van der Waals surface area contributed by atoms with Crippen molar-refractivity contribution < 1.29 is 13.0 Å². The normalized spacial score (nSPS) is 14.9. The topological polar surface area (TPSA) is 51.8 Å². The van der Waals surface area contributed by atoms with Crippen molar-refractivity contribution in [1.29, 1.82) is 0 Å². The van der Waals surface area contributed by atoms with Crippen molar-refractivity contribution in [2.24, 2.45) is 0 Å². The molecule has 2 unspecified atom stereocenters. The largest absolute Gasteiger partial charge is 0.414 e. The summed E-state index contributed by atoms with van der Waals surface area (Å²) in [6.45, 7) is 11.9. The molecule has 2 rings (SSSR count). The predicted molar refractivity (Wildman–Crippen MR) is 146 cm³/mol. The lowest BCUT2D eigenvalue weighted by Gasteiger charge is -2.40. The van der Waals surface area contributed by atoms with Crippen LogP contribution < -0.4 is 10.6 Å². The van der Waals surface area contributed by atoms with Gasteiger partial charge in [-0.3, -0.25) is 0 Å². The molecule has 184 valence electrons. The van der Waals surface area contributed by atoms with Gasteiger partial charge in [-0.25, -0.2) is 0 Å². The molecule has 0 saturated heterocycles. The van der Waals surface area contributed by atoms with E-state index in [0.29, 0.717) is 13.2 Å². The lowest BCUT2D eigenvalue weighted by atomic mass is 10.3. The van der Waals surface area contributed by atoms with Crippen LogP contribution >= 0.6 is 0 Å². The van der Waals surface area contributed by atoms with Gasteiger partial charge in [-0.1, -0.05) is 50.2 Å². The Morgan fingerprint density at radius 2 is 1.00 bits per heavy atom. The molecule has 0 amide bonds. The molecule has 7 heteroatoms. The molecule has 0 aliphatic rings. The second kappa shape index (κ2) is 15.3. The Balaban J connectivity index is 1.97. The summed E-state index contributed by atoms with van der Waals surface area (Å²) >= 11 is 0. The van der Waals surface area contributed by atoms with E-state index in [1.54, 1.807) is 0 Å². The van der Waals surface area contributed by atoms with Crippen molar-refractivity contribution in [2.45, 2.75) is 64.7 Å². The van der Waals surface area contributed by atoms with Gasteiger partial charge in [-0.15, -0.1) is 0 Å². The minimum Gasteiger partial charge on any atom is -0.414 e. The van der Waals surface area contributed by atoms with E-state index in [0.717, 1.165) is 61.5 Å². The van der Waals surface area contributed by atoms with Crippen LogP contribution in [0.4, 0.5) is 11.4 Å². The molecular weight excluding hydrogens is 444 g/mol. The van der Waals surface area contributed by atoms with Crippen LogP contribution in [-0.2, 0) is 13.0 Å². The standard InChI is InChI=1S/C26H44N2O3Si2/c1-5-29-32(7-3,23-15-21-27-25-17-11-9-12-18-25)31-33(8-4,30-6-2)24-16-22-28-26-19-13-10-14-20-26/h9-14,17-20,27-28H,5-8,15-16,21-24H2,1-4H3. The second-order valence-electron chi connectivity index (χ2n) is 8.29. The predicted octanol–water partition coefficient (Wildman–Crippen LogP) is 7.00. The van der Waals surface area contributed by atoms with E-state index in [-0.39, 0.29) is 0 Å². The number of rotatable bonds is 18. The van der Waals surface area contributed by atoms with Gasteiger partial charge in [0, 0.05) is 37.7 Å². The SMILES string of the molecule is CCO[Si](CC)(CCCNc1ccccc1)O[Si](CC)(CCCNc1ccccc1)OCC. The second-order valence-corrected chi connectivity index (χ2v) is 15.7. The van der Waals surface area contributed by atoms with Crippen LogP contribution in [0, 0.1) is 0 Å². The first-order valence-electron chi connectivity index (χ1n) is 12.7. The average Bonchev–Trinajstić information content (AvgIpc) is 2.86. The van der Waals surface area contributed by atoms with Gasteiger partial charge in [0.05, 0.1) is 0 Å². The van der Waals surface area contributed by atoms with Gasteiger partial charge < -0.3 is 23.6 Å². The summed E-state index contributed by atoms with van der Waals surface area (Å²) in [6, 6.07) is 24.7. The lowest BCUT2D eigenvalue weighted by molar-refractivity contribution is 0.191. The maximum atomic E-state index is 7.09. The van der Waals surface area contributed by atoms with Crippen molar-refractivity contribution in [2.75, 3.05) is 36.9 Å². The first-order valence-corrected chi connectivity index (χ1v) is 17.1. The molecule has 33 heavy (non-hydrogen) atoms. The first kappa shape index (κ1) is 27.6. The fraction of sp³-hybridized carbons (Fsp3) is 0.538. The van der Waals surface area contributed by atoms with Crippen molar-refractivity contribution in [1.82, 2.24) is 0 Å². The van der Waals surface area contributed by atoms with Crippen LogP contribution in [0.2, 0.25) is 24.2 Å². The molecule has 0 fully saturated rings. The monoisotopic (exact) mass is 488 g/mol. The zero-order valence-electron chi connectivity index (χ0n) is 21.1. The van der Waals surface area contributed by atoms with Crippen LogP contribution in [0.1, 0.15) is 40.5 Å². The van der Waals surface area contributed by atoms with E-state index in [1.807, 2.05) is 12.1 Å². The Morgan fingerprint density at radius 3 is 1.33 bits per heavy atom. The number of para-hydroxylation sites is 2. The lowest BCUT2D eigenvalue weighted by Crippen LogP contribution is -2.55. The molecule has 0 aliphatic heterocycles. The molecular formula is C26H44N2O3Si2. The third kappa shape index (κ3) is 9.62. The van der Waals surface area contributed by atoms with E-state index in [9.17, 15) is 0 Å². The van der Waals surface area contributed by atoms with Crippen molar-refractivity contribution >= 4 is 28.5 Å². The molecule has 0 saturated carbocycles. The van der Waals surface area contributed by atoms with E-state index in [2.05, 4.69) is 86.9 Å². The Hall–Kier alpha value is -1.65. The third-order valence-electron chi connectivity index (χ3n) is 5.94. The summed E-state index contributed by atoms with van der Waals surface area (Å²) < 4.78 is 20.0. The van der Waals surface area contributed by atoms with E-state index in [1.165, 1.54) is 0 Å². The summed E-state index contributed by atoms with van der Waals surface area (Å²) in [7, 11) is -4.70. The summed E-state index contributed by atoms with van der Waals surface area (Å²) in [6.07, 6.45) is 2.07. The number of anilines is 2. The quantitative estimate of drug-likeness (QED) is 0.175. The Kier molecular flexibility index (Phi) is 12.8. The van der Waals surface area contributed by atoms with Gasteiger partial charge in [-0.2, -0.15) is 0 Å². The third-order valence-corrected chi connectivity index (χ3v) is 14.9. The Bertz CT molecular complexity index is 690. The zero-order valence-corrected chi connectivity index (χ0v) is 23.1. The number of benzene rings is 2. The van der Waals surface area contributed by atoms with Gasteiger partial charge >= 0.3 is 17.1 Å². The minimum atomic E-state index is -2.35. The molecule has 0 radical (unpaired) electrons. The van der Waals surface area contributed by atoms with Gasteiger partial charge in [0.25, 0.3) is 0 Å². The summed E-state index contributed by atoms with van der Waals surface area (Å²) in [5, 5.41) is 7.05. The Labute approximate surface area is 203 Å². The van der Waals surface area contributed by atoms with Crippen LogP contribution in [0.3, 0.4) is 0 Å². The van der Waals surface area contributed by atoms with E-state index >= 15 is 0 Å². The molecule has 2 aromatic carbocycles. The molecule has 0 spiro atoms. The highest BCUT2D eigenvalue weighted by Crippen LogP contribution is 2.31. The van der Waals surface area contributed by atoms with Gasteiger partial charge in [0.2, 0.25) is 0 Å².